The summed E-state index contributed by atoms with van der Waals surface area (Å²) in [4.78, 5) is 25.9. The Morgan fingerprint density at radius 3 is 2.64 bits per heavy atom. The number of alkyl halides is 3. The first-order chi connectivity index (χ1) is 13.0. The number of likely N-dealkylation sites (tertiary alicyclic amines) is 1. The van der Waals surface area contributed by atoms with E-state index in [1.807, 2.05) is 26.1 Å². The molecule has 1 aliphatic heterocycles. The fourth-order valence-corrected chi connectivity index (χ4v) is 3.28. The van der Waals surface area contributed by atoms with E-state index in [-0.39, 0.29) is 12.5 Å². The van der Waals surface area contributed by atoms with Gasteiger partial charge in [-0.15, -0.1) is 0 Å². The summed E-state index contributed by atoms with van der Waals surface area (Å²) in [7, 11) is 0. The van der Waals surface area contributed by atoms with E-state index in [9.17, 15) is 22.8 Å². The fraction of sp³-hybridized carbons (Fsp3) is 0.579. The monoisotopic (exact) mass is 420 g/mol. The molecule has 0 aromatic heterocycles. The first kappa shape index (κ1) is 22.3. The van der Waals surface area contributed by atoms with Crippen molar-refractivity contribution in [3.63, 3.8) is 0 Å². The van der Waals surface area contributed by atoms with E-state index < -0.39 is 30.6 Å². The average molecular weight is 421 g/mol. The highest BCUT2D eigenvalue weighted by Gasteiger charge is 2.36. The highest BCUT2D eigenvalue weighted by Crippen LogP contribution is 2.32. The minimum atomic E-state index is -4.49. The topological polar surface area (TPSA) is 58.6 Å². The molecule has 0 radical (unpaired) electrons. The summed E-state index contributed by atoms with van der Waals surface area (Å²) in [5.41, 5.74) is 1.66. The van der Waals surface area contributed by atoms with Gasteiger partial charge in [-0.05, 0) is 48.9 Å². The van der Waals surface area contributed by atoms with Crippen molar-refractivity contribution in [3.05, 3.63) is 28.3 Å². The summed E-state index contributed by atoms with van der Waals surface area (Å²) < 4.78 is 42.6. The van der Waals surface area contributed by atoms with Crippen molar-refractivity contribution < 1.29 is 27.5 Å². The second-order valence-electron chi connectivity index (χ2n) is 7.16. The zero-order chi connectivity index (χ0) is 21.1. The number of hydrogen-bond donors (Lipinski definition) is 1. The molecule has 1 fully saturated rings. The largest absolute Gasteiger partial charge is 0.483 e. The number of aryl methyl sites for hydroxylation is 1. The van der Waals surface area contributed by atoms with E-state index in [0.717, 1.165) is 11.1 Å². The maximum Gasteiger partial charge on any atom is 0.405 e. The number of ether oxygens (including phenoxy) is 1. The molecule has 28 heavy (non-hydrogen) atoms. The number of nitrogens with one attached hydrogen (secondary N) is 1. The van der Waals surface area contributed by atoms with Gasteiger partial charge in [-0.2, -0.15) is 13.2 Å². The highest BCUT2D eigenvalue weighted by molar-refractivity contribution is 6.31. The third-order valence-corrected chi connectivity index (χ3v) is 5.01. The molecule has 5 nitrogen and oxygen atoms in total. The molecule has 0 spiro atoms. The quantitative estimate of drug-likeness (QED) is 0.761. The van der Waals surface area contributed by atoms with Crippen LogP contribution in [0.15, 0.2) is 12.1 Å². The van der Waals surface area contributed by atoms with Crippen molar-refractivity contribution in [1.82, 2.24) is 10.2 Å². The molecule has 2 amide bonds. The molecule has 1 aromatic carbocycles. The van der Waals surface area contributed by atoms with Crippen molar-refractivity contribution in [2.45, 2.75) is 51.7 Å². The van der Waals surface area contributed by atoms with Crippen LogP contribution >= 0.6 is 11.6 Å². The van der Waals surface area contributed by atoms with Gasteiger partial charge < -0.3 is 15.0 Å². The summed E-state index contributed by atoms with van der Waals surface area (Å²) in [6, 6.07) is 2.64. The maximum absolute atomic E-state index is 12.5. The first-order valence-electron chi connectivity index (χ1n) is 9.06. The predicted molar refractivity (Wildman–Crippen MR) is 99.6 cm³/mol. The fourth-order valence-electron chi connectivity index (χ4n) is 3.11. The number of benzene rings is 1. The molecule has 1 aromatic rings. The molecule has 2 rings (SSSR count). The molecule has 9 heteroatoms. The molecule has 1 atom stereocenters. The number of carbonyl (C=O) groups excluding carboxylic acids is 2. The molecule has 1 saturated heterocycles. The van der Waals surface area contributed by atoms with Crippen LogP contribution in [-0.4, -0.2) is 48.6 Å². The van der Waals surface area contributed by atoms with Gasteiger partial charge in [0.05, 0.1) is 0 Å². The van der Waals surface area contributed by atoms with Crippen molar-refractivity contribution in [1.29, 1.82) is 0 Å². The molecule has 0 bridgehead atoms. The summed E-state index contributed by atoms with van der Waals surface area (Å²) in [5.74, 6) is -0.584. The van der Waals surface area contributed by atoms with E-state index in [0.29, 0.717) is 30.2 Å². The lowest BCUT2D eigenvalue weighted by molar-refractivity contribution is -0.145. The van der Waals surface area contributed by atoms with Gasteiger partial charge in [0.25, 0.3) is 5.91 Å². The van der Waals surface area contributed by atoms with Gasteiger partial charge in [0, 0.05) is 11.6 Å². The molecule has 156 valence electrons. The van der Waals surface area contributed by atoms with Gasteiger partial charge in [0.15, 0.2) is 6.61 Å². The second-order valence-corrected chi connectivity index (χ2v) is 7.57. The van der Waals surface area contributed by atoms with Crippen molar-refractivity contribution >= 4 is 23.4 Å². The van der Waals surface area contributed by atoms with Crippen LogP contribution in [-0.2, 0) is 9.59 Å². The summed E-state index contributed by atoms with van der Waals surface area (Å²) in [6.07, 6.45) is -3.62. The number of rotatable bonds is 6. The minimum absolute atomic E-state index is 0.121. The number of hydrogen-bond acceptors (Lipinski definition) is 3. The second kappa shape index (κ2) is 9.03. The normalized spacial score (nSPS) is 17.1. The zero-order valence-electron chi connectivity index (χ0n) is 16.0. The summed E-state index contributed by atoms with van der Waals surface area (Å²) in [6.45, 7) is 4.35. The highest BCUT2D eigenvalue weighted by atomic mass is 35.5. The lowest BCUT2D eigenvalue weighted by atomic mass is 10.0. The van der Waals surface area contributed by atoms with Crippen LogP contribution in [0, 0.1) is 6.92 Å². The van der Waals surface area contributed by atoms with Gasteiger partial charge in [0.2, 0.25) is 5.91 Å². The van der Waals surface area contributed by atoms with Crippen LogP contribution in [0.3, 0.4) is 0 Å². The standard InChI is InChI=1S/C19H24ClF3N2O3/c1-11(2)13-8-14(20)12(3)7-16(13)28-9-17(26)25-6-4-5-15(25)18(27)24-10-19(21,22)23/h7-8,11,15H,4-6,9-10H2,1-3H3,(H,24,27). The van der Waals surface area contributed by atoms with E-state index in [1.165, 1.54) is 4.90 Å². The minimum Gasteiger partial charge on any atom is -0.483 e. The van der Waals surface area contributed by atoms with Crippen LogP contribution in [0.1, 0.15) is 43.7 Å². The van der Waals surface area contributed by atoms with Crippen molar-refractivity contribution in [3.8, 4) is 5.75 Å². The van der Waals surface area contributed by atoms with Gasteiger partial charge in [0.1, 0.15) is 18.3 Å². The Morgan fingerprint density at radius 1 is 1.36 bits per heavy atom. The molecule has 1 N–H and O–H groups in total. The Balaban J connectivity index is 2.02. The molecule has 1 heterocycles. The Hall–Kier alpha value is -1.96. The van der Waals surface area contributed by atoms with Gasteiger partial charge in [-0.25, -0.2) is 0 Å². The number of carbonyl (C=O) groups is 2. The SMILES string of the molecule is Cc1cc(OCC(=O)N2CCCC2C(=O)NCC(F)(F)F)c(C(C)C)cc1Cl. The van der Waals surface area contributed by atoms with Crippen molar-refractivity contribution in [2.75, 3.05) is 19.7 Å². The van der Waals surface area contributed by atoms with Gasteiger partial charge in [-0.3, -0.25) is 9.59 Å². The van der Waals surface area contributed by atoms with E-state index in [2.05, 4.69) is 0 Å². The Kier molecular flexibility index (Phi) is 7.20. The van der Waals surface area contributed by atoms with Crippen LogP contribution in [0.2, 0.25) is 5.02 Å². The maximum atomic E-state index is 12.5. The lowest BCUT2D eigenvalue weighted by Gasteiger charge is -2.25. The number of nitrogens with zero attached hydrogens (tertiary/aromatic N) is 1. The zero-order valence-corrected chi connectivity index (χ0v) is 16.8. The van der Waals surface area contributed by atoms with E-state index >= 15 is 0 Å². The predicted octanol–water partition coefficient (Wildman–Crippen LogP) is 3.82. The Morgan fingerprint density at radius 2 is 2.04 bits per heavy atom. The molecule has 0 aliphatic carbocycles. The summed E-state index contributed by atoms with van der Waals surface area (Å²) in [5, 5.41) is 2.45. The van der Waals surface area contributed by atoms with Crippen LogP contribution in [0.4, 0.5) is 13.2 Å². The van der Waals surface area contributed by atoms with Gasteiger partial charge >= 0.3 is 6.18 Å². The Labute approximate surface area is 167 Å². The number of amides is 2. The summed E-state index contributed by atoms with van der Waals surface area (Å²) >= 11 is 6.16. The van der Waals surface area contributed by atoms with Crippen LogP contribution in [0.25, 0.3) is 0 Å². The first-order valence-corrected chi connectivity index (χ1v) is 9.44. The van der Waals surface area contributed by atoms with E-state index in [4.69, 9.17) is 16.3 Å². The molecule has 0 saturated carbocycles. The number of halogens is 4. The van der Waals surface area contributed by atoms with Crippen LogP contribution in [0.5, 0.6) is 5.75 Å². The van der Waals surface area contributed by atoms with E-state index in [1.54, 1.807) is 12.1 Å². The van der Waals surface area contributed by atoms with Crippen molar-refractivity contribution in [2.24, 2.45) is 0 Å². The third kappa shape index (κ3) is 5.77. The smallest absolute Gasteiger partial charge is 0.405 e. The van der Waals surface area contributed by atoms with Crippen LogP contribution < -0.4 is 10.1 Å². The lowest BCUT2D eigenvalue weighted by Crippen LogP contribution is -2.49. The molecule has 1 aliphatic rings. The molecular formula is C19H24ClF3N2O3. The Bertz CT molecular complexity index is 738. The molecule has 1 unspecified atom stereocenters. The third-order valence-electron chi connectivity index (χ3n) is 4.60. The average Bonchev–Trinajstić information content (AvgIpc) is 3.09. The van der Waals surface area contributed by atoms with Gasteiger partial charge in [-0.1, -0.05) is 25.4 Å². The molecular weight excluding hydrogens is 397 g/mol.